The quantitative estimate of drug-likeness (QED) is 0.494. The molecule has 4 atom stereocenters. The average Bonchev–Trinajstić information content (AvgIpc) is 3.44. The Bertz CT molecular complexity index is 1470. The summed E-state index contributed by atoms with van der Waals surface area (Å²) in [5, 5.41) is 10.9. The van der Waals surface area contributed by atoms with Gasteiger partial charge in [0.05, 0.1) is 11.1 Å². The molecule has 196 valence electrons. The van der Waals surface area contributed by atoms with Crippen LogP contribution in [0.3, 0.4) is 0 Å². The lowest BCUT2D eigenvalue weighted by Gasteiger charge is -2.63. The van der Waals surface area contributed by atoms with Crippen LogP contribution >= 0.6 is 0 Å². The van der Waals surface area contributed by atoms with Crippen molar-refractivity contribution < 1.29 is 19.4 Å². The van der Waals surface area contributed by atoms with Crippen LogP contribution in [0.4, 0.5) is 0 Å². The number of ketones is 1. The molecule has 3 aromatic rings. The molecule has 2 bridgehead atoms. The van der Waals surface area contributed by atoms with E-state index in [1.165, 1.54) is 16.7 Å². The number of aryl methyl sites for hydroxylation is 1. The lowest BCUT2D eigenvalue weighted by Crippen LogP contribution is -2.74. The molecular formula is C32H34N2O4. The normalized spacial score (nSPS) is 28.7. The van der Waals surface area contributed by atoms with Crippen molar-refractivity contribution in [1.29, 1.82) is 0 Å². The number of ether oxygens (including phenoxy) is 2. The molecule has 0 radical (unpaired) electrons. The molecule has 1 fully saturated rings. The van der Waals surface area contributed by atoms with Crippen molar-refractivity contribution in [3.05, 3.63) is 88.2 Å². The first-order valence-corrected chi connectivity index (χ1v) is 13.6. The number of allylic oxidation sites excluding steroid dienone is 1. The lowest BCUT2D eigenvalue weighted by molar-refractivity contribution is -0.186. The predicted octanol–water partition coefficient (Wildman–Crippen LogP) is 4.52. The third-order valence-electron chi connectivity index (χ3n) is 9.86. The Labute approximate surface area is 223 Å². The van der Waals surface area contributed by atoms with Crippen molar-refractivity contribution in [1.82, 2.24) is 9.47 Å². The number of phenolic OH excluding ortho intramolecular Hbond substituents is 1. The average molecular weight is 511 g/mol. The number of aromatic nitrogens is 1. The molecule has 4 aliphatic rings. The third kappa shape index (κ3) is 2.99. The molecule has 1 N–H and O–H groups in total. The summed E-state index contributed by atoms with van der Waals surface area (Å²) in [5.74, 6) is 0.944. The van der Waals surface area contributed by atoms with E-state index < -0.39 is 5.60 Å². The number of nitrogens with zero attached hydrogens (tertiary/aromatic N) is 2. The summed E-state index contributed by atoms with van der Waals surface area (Å²) >= 11 is 0. The summed E-state index contributed by atoms with van der Waals surface area (Å²) in [4.78, 5) is 15.2. The zero-order valence-corrected chi connectivity index (χ0v) is 22.2. The molecule has 2 aromatic carbocycles. The molecule has 2 aliphatic carbocycles. The monoisotopic (exact) mass is 510 g/mol. The fourth-order valence-corrected chi connectivity index (χ4v) is 8.09. The smallest absolute Gasteiger partial charge is 0.166 e. The van der Waals surface area contributed by atoms with Gasteiger partial charge in [-0.25, -0.2) is 0 Å². The van der Waals surface area contributed by atoms with E-state index in [1.807, 2.05) is 31.4 Å². The number of hydrogen-bond acceptors (Lipinski definition) is 5. The molecule has 0 saturated carbocycles. The van der Waals surface area contributed by atoms with E-state index in [0.29, 0.717) is 12.2 Å². The molecule has 3 heterocycles. The van der Waals surface area contributed by atoms with Gasteiger partial charge in [0.15, 0.2) is 23.4 Å². The molecule has 1 spiro atoms. The van der Waals surface area contributed by atoms with Crippen LogP contribution in [0.5, 0.6) is 11.5 Å². The van der Waals surface area contributed by atoms with Crippen LogP contribution < -0.4 is 4.74 Å². The number of aromatic hydroxyl groups is 1. The summed E-state index contributed by atoms with van der Waals surface area (Å²) in [6, 6.07) is 16.4. The number of piperidine rings is 1. The summed E-state index contributed by atoms with van der Waals surface area (Å²) in [6.45, 7) is 0.951. The van der Waals surface area contributed by atoms with Gasteiger partial charge in [-0.05, 0) is 73.8 Å². The highest BCUT2D eigenvalue weighted by Gasteiger charge is 2.73. The summed E-state index contributed by atoms with van der Waals surface area (Å²) in [7, 11) is 6.10. The molecular weight excluding hydrogens is 476 g/mol. The number of rotatable bonds is 6. The van der Waals surface area contributed by atoms with Gasteiger partial charge in [-0.3, -0.25) is 4.79 Å². The van der Waals surface area contributed by atoms with Gasteiger partial charge in [0.25, 0.3) is 0 Å². The van der Waals surface area contributed by atoms with Crippen LogP contribution in [0.15, 0.2) is 54.6 Å². The van der Waals surface area contributed by atoms with Gasteiger partial charge in [0.2, 0.25) is 0 Å². The van der Waals surface area contributed by atoms with Crippen molar-refractivity contribution in [2.24, 2.45) is 7.05 Å². The van der Waals surface area contributed by atoms with Gasteiger partial charge in [-0.2, -0.15) is 0 Å². The Morgan fingerprint density at radius 1 is 1.18 bits per heavy atom. The number of hydrogen-bond donors (Lipinski definition) is 1. The second-order valence-corrected chi connectivity index (χ2v) is 11.5. The highest BCUT2D eigenvalue weighted by molar-refractivity contribution is 5.93. The minimum atomic E-state index is -0.461. The first-order chi connectivity index (χ1) is 18.4. The number of fused-ring (bicyclic) bond motifs is 2. The van der Waals surface area contributed by atoms with Gasteiger partial charge in [-0.15, -0.1) is 0 Å². The molecule has 6 heteroatoms. The predicted molar refractivity (Wildman–Crippen MR) is 146 cm³/mol. The van der Waals surface area contributed by atoms with E-state index >= 15 is 0 Å². The van der Waals surface area contributed by atoms with Crippen molar-refractivity contribution in [2.45, 2.75) is 55.3 Å². The minimum absolute atomic E-state index is 0.116. The van der Waals surface area contributed by atoms with E-state index in [1.54, 1.807) is 12.1 Å². The number of likely N-dealkylation sites (N-methyl/N-ethyl adjacent to an activating group) is 1. The van der Waals surface area contributed by atoms with Crippen molar-refractivity contribution in [2.75, 3.05) is 20.7 Å². The molecule has 0 unspecified atom stereocenters. The van der Waals surface area contributed by atoms with Crippen LogP contribution in [0, 0.1) is 0 Å². The highest BCUT2D eigenvalue weighted by atomic mass is 16.5. The zero-order valence-electron chi connectivity index (χ0n) is 22.2. The van der Waals surface area contributed by atoms with Crippen LogP contribution in [-0.4, -0.2) is 52.7 Å². The number of carbonyl (C=O) groups excluding carboxylic acids is 1. The minimum Gasteiger partial charge on any atom is -0.504 e. The second kappa shape index (κ2) is 8.32. The Hall–Kier alpha value is -3.35. The standard InChI is InChI=1S/C32H34N2O4/c1-33-16-15-31-27-21-10-14-25(36)29(27)38-30(31)28-22(19-32(31,37-3)26(33)18-21)17-23(34(28)2)11-13-24(35)12-9-20-7-5-4-6-8-20/h4-8,10-11,13-14,17,26,30,36H,9,12,15-16,18-19H2,1-3H3/b13-11+/t26-,30+,31+,32-/m1/s1. The number of carbonyl (C=O) groups is 1. The van der Waals surface area contributed by atoms with Crippen molar-refractivity contribution >= 4 is 11.9 Å². The van der Waals surface area contributed by atoms with E-state index in [4.69, 9.17) is 9.47 Å². The second-order valence-electron chi connectivity index (χ2n) is 11.5. The topological polar surface area (TPSA) is 63.9 Å². The molecule has 0 amide bonds. The maximum Gasteiger partial charge on any atom is 0.166 e. The van der Waals surface area contributed by atoms with Crippen LogP contribution in [0.1, 0.15) is 52.6 Å². The SMILES string of the molecule is CO[C@@]12Cc3cc(/C=C/C(=O)CCc4ccccc4)n(C)c3[C@@H]3Oc4c(O)ccc5c4[C@@]31CCN(C)[C@@H]2C5. The lowest BCUT2D eigenvalue weighted by atomic mass is 9.49. The molecule has 1 saturated heterocycles. The molecule has 2 aliphatic heterocycles. The van der Waals surface area contributed by atoms with E-state index in [9.17, 15) is 9.90 Å². The van der Waals surface area contributed by atoms with E-state index in [0.717, 1.165) is 49.2 Å². The molecule has 1 aromatic heterocycles. The highest BCUT2D eigenvalue weighted by Crippen LogP contribution is 2.69. The Morgan fingerprint density at radius 3 is 2.79 bits per heavy atom. The third-order valence-corrected chi connectivity index (χ3v) is 9.86. The maximum absolute atomic E-state index is 12.7. The summed E-state index contributed by atoms with van der Waals surface area (Å²) in [6.07, 6.45) is 7.15. The summed E-state index contributed by atoms with van der Waals surface area (Å²) in [5.41, 5.74) is 6.05. The Morgan fingerprint density at radius 2 is 2.00 bits per heavy atom. The van der Waals surface area contributed by atoms with Crippen molar-refractivity contribution in [3.63, 3.8) is 0 Å². The maximum atomic E-state index is 12.7. The van der Waals surface area contributed by atoms with Gasteiger partial charge < -0.3 is 24.0 Å². The van der Waals surface area contributed by atoms with Gasteiger partial charge >= 0.3 is 0 Å². The van der Waals surface area contributed by atoms with Crippen LogP contribution in [0.25, 0.3) is 6.08 Å². The van der Waals surface area contributed by atoms with Crippen LogP contribution in [0.2, 0.25) is 0 Å². The van der Waals surface area contributed by atoms with Crippen molar-refractivity contribution in [3.8, 4) is 11.5 Å². The molecule has 7 rings (SSSR count). The number of methoxy groups -OCH3 is 1. The Balaban J connectivity index is 1.29. The fourth-order valence-electron chi connectivity index (χ4n) is 8.09. The van der Waals surface area contributed by atoms with Gasteiger partial charge in [-0.1, -0.05) is 36.4 Å². The largest absolute Gasteiger partial charge is 0.504 e. The number of phenols is 1. The van der Waals surface area contributed by atoms with Gasteiger partial charge in [0, 0.05) is 44.3 Å². The molecule has 6 nitrogen and oxygen atoms in total. The fraction of sp³-hybridized carbons (Fsp3) is 0.406. The number of likely N-dealkylation sites (tertiary alicyclic amines) is 1. The summed E-state index contributed by atoms with van der Waals surface area (Å²) < 4.78 is 15.5. The van der Waals surface area contributed by atoms with E-state index in [2.05, 4.69) is 47.8 Å². The number of benzene rings is 2. The molecule has 38 heavy (non-hydrogen) atoms. The Kier molecular flexibility index (Phi) is 5.20. The zero-order chi connectivity index (χ0) is 26.2. The first-order valence-electron chi connectivity index (χ1n) is 13.6. The van der Waals surface area contributed by atoms with Crippen LogP contribution in [-0.2, 0) is 41.3 Å². The first kappa shape index (κ1) is 23.7. The van der Waals surface area contributed by atoms with Gasteiger partial charge in [0.1, 0.15) is 5.60 Å². The van der Waals surface area contributed by atoms with E-state index in [-0.39, 0.29) is 29.1 Å².